The SMILES string of the molecule is CCCCCCCC(=O)O.OCCN1CCN(CCCN2c3ccccc3Sc3ccc(C(F)(F)F)cc32)CC1. The van der Waals surface area contributed by atoms with E-state index in [0.29, 0.717) is 25.2 Å². The van der Waals surface area contributed by atoms with Crippen LogP contribution in [0.15, 0.2) is 52.3 Å². The summed E-state index contributed by atoms with van der Waals surface area (Å²) in [4.78, 5) is 18.7. The second kappa shape index (κ2) is 16.2. The van der Waals surface area contributed by atoms with Crippen molar-refractivity contribution in [3.63, 3.8) is 0 Å². The van der Waals surface area contributed by atoms with Crippen LogP contribution in [0.3, 0.4) is 0 Å². The molecule has 2 N–H and O–H groups in total. The van der Waals surface area contributed by atoms with Crippen LogP contribution in [0.2, 0.25) is 0 Å². The molecule has 2 aliphatic rings. The van der Waals surface area contributed by atoms with Crippen LogP contribution in [0.1, 0.15) is 57.4 Å². The molecule has 2 aromatic carbocycles. The van der Waals surface area contributed by atoms with Crippen LogP contribution in [-0.4, -0.2) is 78.4 Å². The van der Waals surface area contributed by atoms with Crippen molar-refractivity contribution in [1.29, 1.82) is 0 Å². The lowest BCUT2D eigenvalue weighted by Crippen LogP contribution is -2.47. The summed E-state index contributed by atoms with van der Waals surface area (Å²) in [6.07, 6.45) is 2.40. The van der Waals surface area contributed by atoms with E-state index < -0.39 is 17.7 Å². The normalized spacial score (nSPS) is 15.7. The van der Waals surface area contributed by atoms with Gasteiger partial charge in [-0.15, -0.1) is 0 Å². The number of benzene rings is 2. The summed E-state index contributed by atoms with van der Waals surface area (Å²) in [5, 5.41) is 17.3. The molecule has 1 fully saturated rings. The van der Waals surface area contributed by atoms with Crippen LogP contribution >= 0.6 is 11.8 Å². The van der Waals surface area contributed by atoms with Crippen molar-refractivity contribution in [1.82, 2.24) is 9.80 Å². The van der Waals surface area contributed by atoms with Gasteiger partial charge in [-0.1, -0.05) is 56.5 Å². The minimum atomic E-state index is -4.35. The van der Waals surface area contributed by atoms with Gasteiger partial charge in [-0.25, -0.2) is 0 Å². The van der Waals surface area contributed by atoms with E-state index in [0.717, 1.165) is 67.5 Å². The number of fused-ring (bicyclic) bond motifs is 2. The van der Waals surface area contributed by atoms with Crippen molar-refractivity contribution in [2.75, 3.05) is 57.3 Å². The molecular formula is C30H42F3N3O3S. The standard InChI is InChI=1S/C22H26F3N3OS.C8H16O2/c23-22(24,25)17-6-7-21-19(16-17)28(18-4-1-2-5-20(18)30-21)9-3-8-26-10-12-27(13-11-26)14-15-29;1-2-3-4-5-6-7-8(9)10/h1-2,4-7,16,29H,3,8-15H2;2-7H2,1H3,(H,9,10). The maximum atomic E-state index is 13.3. The van der Waals surface area contributed by atoms with Crippen LogP contribution in [0.4, 0.5) is 24.5 Å². The van der Waals surface area contributed by atoms with E-state index in [1.807, 2.05) is 29.2 Å². The van der Waals surface area contributed by atoms with Crippen molar-refractivity contribution >= 4 is 29.1 Å². The lowest BCUT2D eigenvalue weighted by atomic mass is 10.1. The molecule has 0 amide bonds. The van der Waals surface area contributed by atoms with E-state index in [1.165, 1.54) is 43.2 Å². The summed E-state index contributed by atoms with van der Waals surface area (Å²) in [6, 6.07) is 11.9. The quantitative estimate of drug-likeness (QED) is 0.269. The summed E-state index contributed by atoms with van der Waals surface area (Å²) in [5.74, 6) is -0.670. The lowest BCUT2D eigenvalue weighted by molar-refractivity contribution is -0.138. The zero-order valence-corrected chi connectivity index (χ0v) is 24.2. The Labute approximate surface area is 240 Å². The number of halogens is 3. The fourth-order valence-electron chi connectivity index (χ4n) is 4.96. The minimum absolute atomic E-state index is 0.186. The van der Waals surface area contributed by atoms with Crippen molar-refractivity contribution in [3.8, 4) is 0 Å². The van der Waals surface area contributed by atoms with Crippen LogP contribution < -0.4 is 4.90 Å². The number of hydrogen-bond donors (Lipinski definition) is 2. The van der Waals surface area contributed by atoms with Gasteiger partial charge in [-0.05, 0) is 49.7 Å². The van der Waals surface area contributed by atoms with Gasteiger partial charge in [0.2, 0.25) is 0 Å². The predicted octanol–water partition coefficient (Wildman–Crippen LogP) is 6.74. The van der Waals surface area contributed by atoms with E-state index in [1.54, 1.807) is 6.07 Å². The van der Waals surface area contributed by atoms with E-state index >= 15 is 0 Å². The van der Waals surface area contributed by atoms with Gasteiger partial charge < -0.3 is 20.0 Å². The number of aliphatic hydroxyl groups is 1. The number of carboxylic acids is 1. The molecule has 4 rings (SSSR count). The Morgan fingerprint density at radius 2 is 1.50 bits per heavy atom. The zero-order valence-electron chi connectivity index (χ0n) is 23.3. The fraction of sp³-hybridized carbons (Fsp3) is 0.567. The molecule has 2 heterocycles. The highest BCUT2D eigenvalue weighted by Gasteiger charge is 2.33. The first-order valence-corrected chi connectivity index (χ1v) is 15.1. The Hall–Kier alpha value is -2.27. The number of aliphatic carboxylic acids is 1. The Morgan fingerprint density at radius 1 is 0.850 bits per heavy atom. The number of nitrogens with zero attached hydrogens (tertiary/aromatic N) is 3. The lowest BCUT2D eigenvalue weighted by Gasteiger charge is -2.36. The molecule has 0 bridgehead atoms. The van der Waals surface area contributed by atoms with Crippen molar-refractivity contribution < 1.29 is 28.2 Å². The van der Waals surface area contributed by atoms with Gasteiger partial charge in [0.25, 0.3) is 0 Å². The van der Waals surface area contributed by atoms with Crippen molar-refractivity contribution in [3.05, 3.63) is 48.0 Å². The number of alkyl halides is 3. The van der Waals surface area contributed by atoms with Gasteiger partial charge in [0.1, 0.15) is 0 Å². The second-order valence-corrected chi connectivity index (χ2v) is 11.3. The van der Waals surface area contributed by atoms with Gasteiger partial charge in [0.05, 0.1) is 23.5 Å². The van der Waals surface area contributed by atoms with Crippen LogP contribution in [-0.2, 0) is 11.0 Å². The number of piperazine rings is 1. The number of para-hydroxylation sites is 1. The number of anilines is 2. The van der Waals surface area contributed by atoms with Gasteiger partial charge >= 0.3 is 12.1 Å². The number of β-amino-alcohol motifs (C(OH)–C–C–N with tert-alkyl or cyclic N) is 1. The average Bonchev–Trinajstić information content (AvgIpc) is 2.93. The molecule has 0 radical (unpaired) electrons. The van der Waals surface area contributed by atoms with E-state index in [-0.39, 0.29) is 6.61 Å². The summed E-state index contributed by atoms with van der Waals surface area (Å²) in [5.41, 5.74) is 1.01. The molecular weight excluding hydrogens is 539 g/mol. The largest absolute Gasteiger partial charge is 0.481 e. The maximum absolute atomic E-state index is 13.3. The first-order valence-electron chi connectivity index (χ1n) is 14.3. The smallest absolute Gasteiger partial charge is 0.416 e. The van der Waals surface area contributed by atoms with Crippen LogP contribution in [0, 0.1) is 0 Å². The average molecular weight is 582 g/mol. The molecule has 10 heteroatoms. The molecule has 1 saturated heterocycles. The summed E-state index contributed by atoms with van der Waals surface area (Å²) in [6.45, 7) is 8.44. The van der Waals surface area contributed by atoms with Gasteiger partial charge in [0.15, 0.2) is 0 Å². The molecule has 0 atom stereocenters. The monoisotopic (exact) mass is 581 g/mol. The van der Waals surface area contributed by atoms with E-state index in [4.69, 9.17) is 10.2 Å². The molecule has 0 unspecified atom stereocenters. The third kappa shape index (κ3) is 9.98. The first kappa shape index (κ1) is 32.2. The van der Waals surface area contributed by atoms with Crippen LogP contribution in [0.5, 0.6) is 0 Å². The molecule has 2 aromatic rings. The summed E-state index contributed by atoms with van der Waals surface area (Å²) < 4.78 is 39.9. The van der Waals surface area contributed by atoms with E-state index in [9.17, 15) is 18.0 Å². The van der Waals surface area contributed by atoms with Crippen molar-refractivity contribution in [2.24, 2.45) is 0 Å². The van der Waals surface area contributed by atoms with Crippen LogP contribution in [0.25, 0.3) is 0 Å². The Bertz CT molecular complexity index is 1060. The number of rotatable bonds is 12. The Morgan fingerprint density at radius 3 is 2.15 bits per heavy atom. The third-order valence-electron chi connectivity index (χ3n) is 7.18. The summed E-state index contributed by atoms with van der Waals surface area (Å²) in [7, 11) is 0. The van der Waals surface area contributed by atoms with Gasteiger partial charge in [0, 0.05) is 55.5 Å². The maximum Gasteiger partial charge on any atom is 0.416 e. The third-order valence-corrected chi connectivity index (χ3v) is 8.31. The van der Waals surface area contributed by atoms with Gasteiger partial charge in [-0.3, -0.25) is 9.69 Å². The zero-order chi connectivity index (χ0) is 29.0. The molecule has 6 nitrogen and oxygen atoms in total. The highest BCUT2D eigenvalue weighted by atomic mass is 32.2. The highest BCUT2D eigenvalue weighted by Crippen LogP contribution is 2.49. The minimum Gasteiger partial charge on any atom is -0.481 e. The molecule has 2 aliphatic heterocycles. The molecule has 0 aliphatic carbocycles. The molecule has 40 heavy (non-hydrogen) atoms. The fourth-order valence-corrected chi connectivity index (χ4v) is 6.03. The molecule has 0 saturated carbocycles. The number of aliphatic hydroxyl groups excluding tert-OH is 1. The van der Waals surface area contributed by atoms with E-state index in [2.05, 4.69) is 16.7 Å². The van der Waals surface area contributed by atoms with Crippen molar-refractivity contribution in [2.45, 2.75) is 67.8 Å². The number of carbonyl (C=O) groups is 1. The number of unbranched alkanes of at least 4 members (excludes halogenated alkanes) is 4. The first-order chi connectivity index (χ1) is 19.2. The topological polar surface area (TPSA) is 67.2 Å². The highest BCUT2D eigenvalue weighted by molar-refractivity contribution is 7.99. The Kier molecular flexibility index (Phi) is 13.1. The number of carboxylic acid groups (broad SMARTS) is 1. The molecule has 222 valence electrons. The summed E-state index contributed by atoms with van der Waals surface area (Å²) >= 11 is 1.53. The molecule has 0 spiro atoms. The molecule has 0 aromatic heterocycles. The van der Waals surface area contributed by atoms with Gasteiger partial charge in [-0.2, -0.15) is 13.2 Å². The number of hydrogen-bond acceptors (Lipinski definition) is 6. The predicted molar refractivity (Wildman–Crippen MR) is 155 cm³/mol. The Balaban J connectivity index is 0.000000378. The second-order valence-electron chi connectivity index (χ2n) is 10.2.